The Hall–Kier alpha value is -1.69. The fourth-order valence-corrected chi connectivity index (χ4v) is 4.65. The molecule has 1 aromatic rings. The Balaban J connectivity index is 1.31. The fourth-order valence-electron chi connectivity index (χ4n) is 4.65. The van der Waals surface area contributed by atoms with Crippen molar-refractivity contribution in [2.75, 3.05) is 44.2 Å². The van der Waals surface area contributed by atoms with E-state index in [9.17, 15) is 4.79 Å². The minimum Gasteiger partial charge on any atom is -0.355 e. The molecule has 25 heavy (non-hydrogen) atoms. The summed E-state index contributed by atoms with van der Waals surface area (Å²) in [5.74, 6) is 1.63. The normalized spacial score (nSPS) is 26.2. The Morgan fingerprint density at radius 1 is 0.960 bits per heavy atom. The highest BCUT2D eigenvalue weighted by Gasteiger charge is 2.34. The Morgan fingerprint density at radius 2 is 1.76 bits per heavy atom. The van der Waals surface area contributed by atoms with Gasteiger partial charge in [-0.3, -0.25) is 14.7 Å². The number of likely N-dealkylation sites (tertiary alicyclic amines) is 2. The molecule has 0 spiro atoms. The molecule has 1 atom stereocenters. The van der Waals surface area contributed by atoms with Crippen molar-refractivity contribution in [2.24, 2.45) is 5.92 Å². The molecule has 4 heterocycles. The Labute approximate surface area is 150 Å². The largest absolute Gasteiger partial charge is 0.355 e. The molecule has 0 unspecified atom stereocenters. The summed E-state index contributed by atoms with van der Waals surface area (Å²) >= 11 is 0. The molecular formula is C19H29N5O. The number of carbonyl (C=O) groups excluding carboxylic acids is 1. The van der Waals surface area contributed by atoms with Gasteiger partial charge in [-0.05, 0) is 45.1 Å². The van der Waals surface area contributed by atoms with Gasteiger partial charge in [-0.1, -0.05) is 0 Å². The van der Waals surface area contributed by atoms with Crippen LogP contribution in [0.1, 0.15) is 38.5 Å². The van der Waals surface area contributed by atoms with E-state index < -0.39 is 0 Å². The number of anilines is 1. The van der Waals surface area contributed by atoms with Crippen LogP contribution < -0.4 is 4.90 Å². The van der Waals surface area contributed by atoms with Gasteiger partial charge in [0.25, 0.3) is 0 Å². The van der Waals surface area contributed by atoms with Crippen LogP contribution in [0.25, 0.3) is 0 Å². The number of rotatable bonds is 3. The number of nitrogens with zero attached hydrogens (tertiary/aromatic N) is 5. The topological polar surface area (TPSA) is 52.6 Å². The first kappa shape index (κ1) is 16.8. The lowest BCUT2D eigenvalue weighted by Gasteiger charge is -2.42. The van der Waals surface area contributed by atoms with E-state index in [2.05, 4.69) is 24.7 Å². The summed E-state index contributed by atoms with van der Waals surface area (Å²) in [6, 6.07) is 0.613. The summed E-state index contributed by atoms with van der Waals surface area (Å²) < 4.78 is 0. The van der Waals surface area contributed by atoms with Crippen molar-refractivity contribution in [3.63, 3.8) is 0 Å². The van der Waals surface area contributed by atoms with E-state index in [1.54, 1.807) is 12.4 Å². The molecule has 3 fully saturated rings. The van der Waals surface area contributed by atoms with Crippen molar-refractivity contribution >= 4 is 11.7 Å². The number of carbonyl (C=O) groups is 1. The van der Waals surface area contributed by atoms with Crippen LogP contribution in [-0.2, 0) is 4.79 Å². The maximum absolute atomic E-state index is 12.7. The second kappa shape index (κ2) is 7.68. The molecule has 6 nitrogen and oxygen atoms in total. The monoisotopic (exact) mass is 343 g/mol. The lowest BCUT2D eigenvalue weighted by atomic mass is 9.93. The second-order valence-corrected chi connectivity index (χ2v) is 7.65. The van der Waals surface area contributed by atoms with Gasteiger partial charge in [-0.25, -0.2) is 4.98 Å². The van der Waals surface area contributed by atoms with Crippen LogP contribution >= 0.6 is 0 Å². The highest BCUT2D eigenvalue weighted by molar-refractivity contribution is 5.79. The average molecular weight is 343 g/mol. The third-order valence-electron chi connectivity index (χ3n) is 6.07. The molecule has 0 saturated carbocycles. The fraction of sp³-hybridized carbons (Fsp3) is 0.737. The van der Waals surface area contributed by atoms with Crippen molar-refractivity contribution < 1.29 is 4.79 Å². The number of amides is 1. The van der Waals surface area contributed by atoms with E-state index in [4.69, 9.17) is 0 Å². The third kappa shape index (κ3) is 3.78. The summed E-state index contributed by atoms with van der Waals surface area (Å²) in [5.41, 5.74) is 0. The molecule has 4 rings (SSSR count). The summed E-state index contributed by atoms with van der Waals surface area (Å²) in [7, 11) is 0. The summed E-state index contributed by atoms with van der Waals surface area (Å²) in [6.07, 6.45) is 12.3. The molecule has 136 valence electrons. The Morgan fingerprint density at radius 3 is 2.48 bits per heavy atom. The van der Waals surface area contributed by atoms with Gasteiger partial charge in [0, 0.05) is 51.2 Å². The number of piperidine rings is 2. The zero-order chi connectivity index (χ0) is 17.1. The van der Waals surface area contributed by atoms with Crippen molar-refractivity contribution in [1.29, 1.82) is 0 Å². The van der Waals surface area contributed by atoms with Gasteiger partial charge in [0.05, 0.1) is 12.1 Å². The van der Waals surface area contributed by atoms with Gasteiger partial charge in [-0.2, -0.15) is 0 Å². The van der Waals surface area contributed by atoms with Crippen LogP contribution in [0.2, 0.25) is 0 Å². The summed E-state index contributed by atoms with van der Waals surface area (Å²) in [6.45, 7) is 6.14. The van der Waals surface area contributed by atoms with Crippen LogP contribution in [0.3, 0.4) is 0 Å². The first-order valence-corrected chi connectivity index (χ1v) is 9.85. The molecule has 0 aliphatic carbocycles. The highest BCUT2D eigenvalue weighted by Crippen LogP contribution is 2.27. The van der Waals surface area contributed by atoms with E-state index >= 15 is 0 Å². The smallest absolute Gasteiger partial charge is 0.226 e. The third-order valence-corrected chi connectivity index (χ3v) is 6.07. The Kier molecular flexibility index (Phi) is 5.15. The predicted molar refractivity (Wildman–Crippen MR) is 97.4 cm³/mol. The number of aromatic nitrogens is 2. The van der Waals surface area contributed by atoms with Crippen molar-refractivity contribution in [1.82, 2.24) is 19.8 Å². The average Bonchev–Trinajstić information content (AvgIpc) is 3.23. The lowest BCUT2D eigenvalue weighted by Crippen LogP contribution is -2.51. The molecule has 6 heteroatoms. The first-order valence-electron chi connectivity index (χ1n) is 9.85. The van der Waals surface area contributed by atoms with Crippen LogP contribution in [0, 0.1) is 5.92 Å². The minimum atomic E-state index is 0.227. The van der Waals surface area contributed by atoms with Crippen LogP contribution in [-0.4, -0.2) is 71.0 Å². The number of hydrogen-bond acceptors (Lipinski definition) is 5. The van der Waals surface area contributed by atoms with Gasteiger partial charge in [0.15, 0.2) is 0 Å². The molecule has 1 amide bonds. The molecule has 1 aromatic heterocycles. The Bertz CT molecular complexity index is 566. The predicted octanol–water partition coefficient (Wildman–Crippen LogP) is 1.78. The van der Waals surface area contributed by atoms with Crippen LogP contribution in [0.15, 0.2) is 18.6 Å². The maximum atomic E-state index is 12.7. The molecule has 3 aliphatic rings. The van der Waals surface area contributed by atoms with E-state index in [0.717, 1.165) is 70.8 Å². The van der Waals surface area contributed by atoms with E-state index in [1.807, 2.05) is 6.20 Å². The number of hydrogen-bond donors (Lipinski definition) is 0. The van der Waals surface area contributed by atoms with Gasteiger partial charge in [0.2, 0.25) is 5.91 Å². The van der Waals surface area contributed by atoms with E-state index in [-0.39, 0.29) is 5.92 Å². The summed E-state index contributed by atoms with van der Waals surface area (Å²) in [5, 5.41) is 0. The lowest BCUT2D eigenvalue weighted by molar-refractivity contribution is -0.136. The van der Waals surface area contributed by atoms with Crippen molar-refractivity contribution in [3.05, 3.63) is 18.6 Å². The highest BCUT2D eigenvalue weighted by atomic mass is 16.2. The summed E-state index contributed by atoms with van der Waals surface area (Å²) in [4.78, 5) is 28.4. The molecule has 0 aromatic carbocycles. The standard InChI is InChI=1S/C19H29N5O/c25-19(23-9-1-2-10-23)16-4-3-11-24(15-16)17-5-12-22(13-6-17)18-14-20-7-8-21-18/h7-8,14,16-17H,1-6,9-13,15H2/t16-/m0/s1. The molecule has 0 N–H and O–H groups in total. The van der Waals surface area contributed by atoms with Crippen molar-refractivity contribution in [3.8, 4) is 0 Å². The molecule has 0 radical (unpaired) electrons. The van der Waals surface area contributed by atoms with Gasteiger partial charge in [0.1, 0.15) is 5.82 Å². The molecule has 3 aliphatic heterocycles. The molecular weight excluding hydrogens is 314 g/mol. The molecule has 3 saturated heterocycles. The van der Waals surface area contributed by atoms with Crippen LogP contribution in [0.5, 0.6) is 0 Å². The van der Waals surface area contributed by atoms with Gasteiger partial charge < -0.3 is 9.80 Å². The first-order chi connectivity index (χ1) is 12.3. The minimum absolute atomic E-state index is 0.227. The zero-order valence-electron chi connectivity index (χ0n) is 15.0. The van der Waals surface area contributed by atoms with Crippen LogP contribution in [0.4, 0.5) is 5.82 Å². The van der Waals surface area contributed by atoms with E-state index in [0.29, 0.717) is 11.9 Å². The second-order valence-electron chi connectivity index (χ2n) is 7.65. The zero-order valence-corrected chi connectivity index (χ0v) is 15.0. The van der Waals surface area contributed by atoms with Gasteiger partial charge >= 0.3 is 0 Å². The quantitative estimate of drug-likeness (QED) is 0.837. The van der Waals surface area contributed by atoms with Gasteiger partial charge in [-0.15, -0.1) is 0 Å². The molecule has 0 bridgehead atoms. The van der Waals surface area contributed by atoms with E-state index in [1.165, 1.54) is 12.8 Å². The van der Waals surface area contributed by atoms with Crippen molar-refractivity contribution in [2.45, 2.75) is 44.6 Å². The SMILES string of the molecule is O=C([C@H]1CCCN(C2CCN(c3cnccn3)CC2)C1)N1CCCC1. The maximum Gasteiger partial charge on any atom is 0.226 e.